The lowest BCUT2D eigenvalue weighted by atomic mass is 9.90. The van der Waals surface area contributed by atoms with E-state index in [1.54, 1.807) is 18.3 Å². The van der Waals surface area contributed by atoms with Crippen LogP contribution in [0.15, 0.2) is 24.5 Å². The van der Waals surface area contributed by atoms with E-state index in [1.165, 1.54) is 12.8 Å². The van der Waals surface area contributed by atoms with Gasteiger partial charge in [-0.3, -0.25) is 9.59 Å². The van der Waals surface area contributed by atoms with Crippen molar-refractivity contribution >= 4 is 29.4 Å². The van der Waals surface area contributed by atoms with Crippen LogP contribution in [0.3, 0.4) is 0 Å². The Labute approximate surface area is 198 Å². The standard InChI is InChI=1S/C24H30N8O2/c1-30-8-10-31(11-9-30)22(34)16-4-5-19(25-13-16)28-23-26-14-17-12-18-21(33)27-15-24(6-2-3-7-24)32(18)20(17)29-23/h4-5,13-14,18H,2-3,6-12,15H2,1H3,(H,27,33)(H,25,26,28,29). The Morgan fingerprint density at radius 1 is 1.12 bits per heavy atom. The van der Waals surface area contributed by atoms with E-state index in [-0.39, 0.29) is 23.4 Å². The van der Waals surface area contributed by atoms with Crippen LogP contribution in [-0.2, 0) is 11.2 Å². The minimum Gasteiger partial charge on any atom is -0.352 e. The second-order valence-electron chi connectivity index (χ2n) is 9.93. The highest BCUT2D eigenvalue weighted by atomic mass is 16.2. The van der Waals surface area contributed by atoms with E-state index >= 15 is 0 Å². The summed E-state index contributed by atoms with van der Waals surface area (Å²) in [6.07, 6.45) is 8.56. The predicted molar refractivity (Wildman–Crippen MR) is 127 cm³/mol. The fourth-order valence-corrected chi connectivity index (χ4v) is 5.83. The molecule has 178 valence electrons. The molecule has 3 aliphatic heterocycles. The molecule has 4 aliphatic rings. The van der Waals surface area contributed by atoms with Gasteiger partial charge in [0, 0.05) is 57.1 Å². The van der Waals surface area contributed by atoms with Crippen molar-refractivity contribution in [3.63, 3.8) is 0 Å². The molecule has 1 spiro atoms. The summed E-state index contributed by atoms with van der Waals surface area (Å²) in [5.74, 6) is 1.98. The fourth-order valence-electron chi connectivity index (χ4n) is 5.83. The molecule has 1 saturated carbocycles. The summed E-state index contributed by atoms with van der Waals surface area (Å²) >= 11 is 0. The maximum absolute atomic E-state index is 12.8. The van der Waals surface area contributed by atoms with Crippen LogP contribution in [0.25, 0.3) is 0 Å². The van der Waals surface area contributed by atoms with Gasteiger partial charge in [-0.15, -0.1) is 0 Å². The molecule has 2 aromatic rings. The Bertz CT molecular complexity index is 1110. The Morgan fingerprint density at radius 3 is 2.65 bits per heavy atom. The topological polar surface area (TPSA) is 107 Å². The lowest BCUT2D eigenvalue weighted by Gasteiger charge is -2.47. The number of nitrogens with zero attached hydrogens (tertiary/aromatic N) is 6. The molecular formula is C24H30N8O2. The van der Waals surface area contributed by atoms with Gasteiger partial charge in [0.2, 0.25) is 11.9 Å². The number of hydrogen-bond donors (Lipinski definition) is 2. The molecule has 5 heterocycles. The SMILES string of the molecule is CN1CCN(C(=O)c2ccc(Nc3ncc4c(n3)N3C(C4)C(=O)NCC34CCCC4)nc2)CC1. The first kappa shape index (κ1) is 21.3. The molecule has 1 aliphatic carbocycles. The van der Waals surface area contributed by atoms with Crippen molar-refractivity contribution in [1.29, 1.82) is 0 Å². The predicted octanol–water partition coefficient (Wildman–Crippen LogP) is 1.18. The van der Waals surface area contributed by atoms with Gasteiger partial charge >= 0.3 is 0 Å². The van der Waals surface area contributed by atoms with Crippen molar-refractivity contribution in [3.05, 3.63) is 35.7 Å². The number of carbonyl (C=O) groups is 2. The van der Waals surface area contributed by atoms with E-state index < -0.39 is 0 Å². The lowest BCUT2D eigenvalue weighted by molar-refractivity contribution is -0.124. The third-order valence-electron chi connectivity index (χ3n) is 7.78. The zero-order valence-electron chi connectivity index (χ0n) is 19.5. The molecule has 2 amide bonds. The van der Waals surface area contributed by atoms with Crippen molar-refractivity contribution < 1.29 is 9.59 Å². The molecular weight excluding hydrogens is 432 g/mol. The van der Waals surface area contributed by atoms with Crippen LogP contribution in [0.2, 0.25) is 0 Å². The molecule has 2 saturated heterocycles. The summed E-state index contributed by atoms with van der Waals surface area (Å²) in [6, 6.07) is 3.38. The third kappa shape index (κ3) is 3.56. The van der Waals surface area contributed by atoms with E-state index in [4.69, 9.17) is 4.98 Å². The summed E-state index contributed by atoms with van der Waals surface area (Å²) in [5, 5.41) is 6.31. The molecule has 2 N–H and O–H groups in total. The highest BCUT2D eigenvalue weighted by Crippen LogP contribution is 2.45. The number of anilines is 3. The molecule has 6 rings (SSSR count). The second-order valence-corrected chi connectivity index (χ2v) is 9.93. The maximum Gasteiger partial charge on any atom is 0.255 e. The van der Waals surface area contributed by atoms with Crippen molar-refractivity contribution in [3.8, 4) is 0 Å². The number of carbonyl (C=O) groups excluding carboxylic acids is 2. The number of likely N-dealkylation sites (N-methyl/N-ethyl adjacent to an activating group) is 1. The Morgan fingerprint density at radius 2 is 1.91 bits per heavy atom. The van der Waals surface area contributed by atoms with Gasteiger partial charge in [0.15, 0.2) is 0 Å². The second kappa shape index (κ2) is 8.19. The first-order valence-electron chi connectivity index (χ1n) is 12.2. The summed E-state index contributed by atoms with van der Waals surface area (Å²) in [5.41, 5.74) is 1.55. The van der Waals surface area contributed by atoms with E-state index in [1.807, 2.05) is 11.1 Å². The van der Waals surface area contributed by atoms with Gasteiger partial charge in [-0.25, -0.2) is 9.97 Å². The largest absolute Gasteiger partial charge is 0.352 e. The van der Waals surface area contributed by atoms with Crippen LogP contribution in [-0.4, -0.2) is 87.9 Å². The third-order valence-corrected chi connectivity index (χ3v) is 7.78. The number of nitrogens with one attached hydrogen (secondary N) is 2. The molecule has 34 heavy (non-hydrogen) atoms. The van der Waals surface area contributed by atoms with Crippen LogP contribution < -0.4 is 15.5 Å². The lowest BCUT2D eigenvalue weighted by Crippen LogP contribution is -2.66. The van der Waals surface area contributed by atoms with Gasteiger partial charge in [0.05, 0.1) is 11.1 Å². The van der Waals surface area contributed by atoms with Gasteiger partial charge in [-0.05, 0) is 32.0 Å². The zero-order valence-corrected chi connectivity index (χ0v) is 19.5. The first-order chi connectivity index (χ1) is 16.5. The molecule has 0 aromatic carbocycles. The number of amides is 2. The minimum atomic E-state index is -0.204. The van der Waals surface area contributed by atoms with Crippen LogP contribution in [0.5, 0.6) is 0 Å². The average molecular weight is 463 g/mol. The normalized spacial score (nSPS) is 23.6. The molecule has 10 heteroatoms. The van der Waals surface area contributed by atoms with Crippen LogP contribution >= 0.6 is 0 Å². The van der Waals surface area contributed by atoms with Crippen LogP contribution in [0.1, 0.15) is 41.6 Å². The Hall–Kier alpha value is -3.27. The molecule has 2 aromatic heterocycles. The summed E-state index contributed by atoms with van der Waals surface area (Å²) in [7, 11) is 2.07. The molecule has 10 nitrogen and oxygen atoms in total. The summed E-state index contributed by atoms with van der Waals surface area (Å²) < 4.78 is 0. The highest BCUT2D eigenvalue weighted by Gasteiger charge is 2.52. The monoisotopic (exact) mass is 462 g/mol. The summed E-state index contributed by atoms with van der Waals surface area (Å²) in [6.45, 7) is 3.91. The minimum absolute atomic E-state index is 0.0113. The molecule has 0 bridgehead atoms. The zero-order chi connectivity index (χ0) is 23.3. The highest BCUT2D eigenvalue weighted by molar-refractivity contribution is 5.94. The maximum atomic E-state index is 12.8. The van der Waals surface area contributed by atoms with Crippen molar-refractivity contribution in [2.75, 3.05) is 50.0 Å². The molecule has 3 fully saturated rings. The number of rotatable bonds is 3. The molecule has 1 atom stereocenters. The molecule has 1 unspecified atom stereocenters. The van der Waals surface area contributed by atoms with Gasteiger partial charge in [-0.2, -0.15) is 4.98 Å². The van der Waals surface area contributed by atoms with E-state index in [2.05, 4.69) is 37.4 Å². The fraction of sp³-hybridized carbons (Fsp3) is 0.542. The van der Waals surface area contributed by atoms with Gasteiger partial charge in [0.1, 0.15) is 17.7 Å². The van der Waals surface area contributed by atoms with Crippen LogP contribution in [0.4, 0.5) is 17.6 Å². The first-order valence-corrected chi connectivity index (χ1v) is 12.2. The smallest absolute Gasteiger partial charge is 0.255 e. The number of piperazine rings is 2. The number of pyridine rings is 1. The number of hydrogen-bond acceptors (Lipinski definition) is 8. The van der Waals surface area contributed by atoms with E-state index in [0.717, 1.165) is 50.4 Å². The van der Waals surface area contributed by atoms with Crippen LogP contribution in [0, 0.1) is 0 Å². The average Bonchev–Trinajstić information content (AvgIpc) is 3.48. The van der Waals surface area contributed by atoms with Crippen molar-refractivity contribution in [1.82, 2.24) is 30.1 Å². The van der Waals surface area contributed by atoms with Crippen molar-refractivity contribution in [2.45, 2.75) is 43.7 Å². The van der Waals surface area contributed by atoms with Gasteiger partial charge in [-0.1, -0.05) is 12.8 Å². The Balaban J connectivity index is 1.20. The number of aromatic nitrogens is 3. The number of fused-ring (bicyclic) bond motifs is 4. The summed E-state index contributed by atoms with van der Waals surface area (Å²) in [4.78, 5) is 45.5. The Kier molecular flexibility index (Phi) is 5.13. The van der Waals surface area contributed by atoms with Gasteiger partial charge < -0.3 is 25.3 Å². The van der Waals surface area contributed by atoms with Gasteiger partial charge in [0.25, 0.3) is 5.91 Å². The molecule has 0 radical (unpaired) electrons. The van der Waals surface area contributed by atoms with Crippen molar-refractivity contribution in [2.24, 2.45) is 0 Å². The quantitative estimate of drug-likeness (QED) is 0.700. The van der Waals surface area contributed by atoms with E-state index in [9.17, 15) is 9.59 Å². The van der Waals surface area contributed by atoms with E-state index in [0.29, 0.717) is 30.3 Å².